The van der Waals surface area contributed by atoms with E-state index in [1.54, 1.807) is 16.7 Å². The second-order valence-electron chi connectivity index (χ2n) is 6.52. The maximum Gasteiger partial charge on any atom is 0.292 e. The molecule has 0 aliphatic carbocycles. The Hall–Kier alpha value is -3.17. The van der Waals surface area contributed by atoms with E-state index in [-0.39, 0.29) is 5.76 Å². The first-order chi connectivity index (χ1) is 14.5. The van der Waals surface area contributed by atoms with E-state index in [2.05, 4.69) is 42.2 Å². The molecule has 5 rings (SSSR count). The van der Waals surface area contributed by atoms with Crippen LogP contribution >= 0.6 is 31.9 Å². The van der Waals surface area contributed by atoms with Crippen molar-refractivity contribution in [2.75, 3.05) is 11.1 Å². The lowest BCUT2D eigenvalue weighted by molar-refractivity contribution is 0.0995. The number of hydrogen-bond donors (Lipinski definition) is 2. The van der Waals surface area contributed by atoms with E-state index in [0.717, 1.165) is 21.2 Å². The molecule has 3 aromatic heterocycles. The number of carbonyl (C=O) groups excluding carboxylic acids is 1. The number of furan rings is 1. The summed E-state index contributed by atoms with van der Waals surface area (Å²) in [5, 5.41) is 2.86. The quantitative estimate of drug-likeness (QED) is 0.322. The van der Waals surface area contributed by atoms with Crippen molar-refractivity contribution in [3.63, 3.8) is 0 Å². The standard InChI is InChI=1S/C21H13Br2N5O2/c22-11-5-7-12(8-6-11)28-19(27-21(29)15-9-10-16(23)30-15)17(24)18-20(28)26-14-4-2-1-3-13(14)25-18/h1-10H,24H2,(H,27,29). The Morgan fingerprint density at radius 3 is 2.33 bits per heavy atom. The van der Waals surface area contributed by atoms with Crippen molar-refractivity contribution < 1.29 is 9.21 Å². The number of aromatic nitrogens is 3. The van der Waals surface area contributed by atoms with Crippen molar-refractivity contribution >= 4 is 71.5 Å². The van der Waals surface area contributed by atoms with Crippen molar-refractivity contribution in [1.82, 2.24) is 14.5 Å². The second-order valence-corrected chi connectivity index (χ2v) is 8.21. The fourth-order valence-corrected chi connectivity index (χ4v) is 3.81. The third kappa shape index (κ3) is 3.16. The van der Waals surface area contributed by atoms with Crippen LogP contribution in [0.4, 0.5) is 11.5 Å². The van der Waals surface area contributed by atoms with Crippen molar-refractivity contribution in [2.24, 2.45) is 0 Å². The van der Waals surface area contributed by atoms with Gasteiger partial charge in [0.15, 0.2) is 16.1 Å². The van der Waals surface area contributed by atoms with Crippen molar-refractivity contribution in [3.05, 3.63) is 75.6 Å². The molecule has 0 atom stereocenters. The van der Waals surface area contributed by atoms with Crippen LogP contribution in [-0.2, 0) is 0 Å². The molecule has 0 radical (unpaired) electrons. The van der Waals surface area contributed by atoms with Crippen molar-refractivity contribution in [2.45, 2.75) is 0 Å². The number of para-hydroxylation sites is 2. The summed E-state index contributed by atoms with van der Waals surface area (Å²) in [6.07, 6.45) is 0. The number of nitrogens with two attached hydrogens (primary N) is 1. The van der Waals surface area contributed by atoms with Crippen LogP contribution in [0.15, 0.2) is 74.2 Å². The van der Waals surface area contributed by atoms with Crippen LogP contribution in [0, 0.1) is 0 Å². The molecule has 2 aromatic carbocycles. The first-order valence-electron chi connectivity index (χ1n) is 8.90. The molecule has 5 aromatic rings. The Kier molecular flexibility index (Phi) is 4.56. The largest absolute Gasteiger partial charge is 0.444 e. The zero-order chi connectivity index (χ0) is 20.8. The fourth-order valence-electron chi connectivity index (χ4n) is 3.24. The maximum atomic E-state index is 12.8. The number of anilines is 2. The van der Waals surface area contributed by atoms with Gasteiger partial charge in [0.2, 0.25) is 0 Å². The first kappa shape index (κ1) is 18.8. The number of benzene rings is 2. The summed E-state index contributed by atoms with van der Waals surface area (Å²) in [5.74, 6) is 0.0956. The van der Waals surface area contributed by atoms with Gasteiger partial charge in [0, 0.05) is 10.2 Å². The normalized spacial score (nSPS) is 11.3. The minimum absolute atomic E-state index is 0.153. The molecule has 7 nitrogen and oxygen atoms in total. The highest BCUT2D eigenvalue weighted by atomic mass is 79.9. The Morgan fingerprint density at radius 1 is 0.967 bits per heavy atom. The van der Waals surface area contributed by atoms with Gasteiger partial charge in [0.05, 0.1) is 11.0 Å². The molecule has 0 aliphatic heterocycles. The Balaban J connectivity index is 1.75. The lowest BCUT2D eigenvalue weighted by Gasteiger charge is -2.11. The molecular weight excluding hydrogens is 514 g/mol. The van der Waals surface area contributed by atoms with E-state index in [9.17, 15) is 4.79 Å². The molecule has 9 heteroatoms. The van der Waals surface area contributed by atoms with Crippen LogP contribution in [0.25, 0.3) is 27.9 Å². The molecule has 0 saturated heterocycles. The van der Waals surface area contributed by atoms with E-state index >= 15 is 0 Å². The van der Waals surface area contributed by atoms with Gasteiger partial charge in [-0.05, 0) is 64.5 Å². The summed E-state index contributed by atoms with van der Waals surface area (Å²) >= 11 is 6.66. The van der Waals surface area contributed by atoms with Gasteiger partial charge in [-0.15, -0.1) is 0 Å². The number of fused-ring (bicyclic) bond motifs is 2. The predicted molar refractivity (Wildman–Crippen MR) is 123 cm³/mol. The van der Waals surface area contributed by atoms with Crippen molar-refractivity contribution in [3.8, 4) is 5.69 Å². The van der Waals surface area contributed by atoms with Crippen LogP contribution in [-0.4, -0.2) is 20.4 Å². The van der Waals surface area contributed by atoms with Gasteiger partial charge in [-0.2, -0.15) is 0 Å². The molecule has 0 unspecified atom stereocenters. The van der Waals surface area contributed by atoms with Gasteiger partial charge in [0.1, 0.15) is 17.0 Å². The average Bonchev–Trinajstić information content (AvgIpc) is 3.29. The minimum Gasteiger partial charge on any atom is -0.444 e. The molecule has 0 bridgehead atoms. The van der Waals surface area contributed by atoms with Crippen LogP contribution in [0.5, 0.6) is 0 Å². The lowest BCUT2D eigenvalue weighted by Crippen LogP contribution is -2.15. The third-order valence-corrected chi connectivity index (χ3v) is 5.57. The topological polar surface area (TPSA) is 99.0 Å². The van der Waals surface area contributed by atoms with Gasteiger partial charge in [-0.25, -0.2) is 9.97 Å². The van der Waals surface area contributed by atoms with Crippen LogP contribution in [0.3, 0.4) is 0 Å². The number of carbonyl (C=O) groups is 1. The second kappa shape index (κ2) is 7.26. The number of nitrogens with one attached hydrogen (secondary N) is 1. The number of rotatable bonds is 3. The molecule has 148 valence electrons. The van der Waals surface area contributed by atoms with E-state index in [1.807, 2.05) is 48.5 Å². The van der Waals surface area contributed by atoms with Crippen LogP contribution in [0.1, 0.15) is 10.6 Å². The van der Waals surface area contributed by atoms with Gasteiger partial charge >= 0.3 is 0 Å². The monoisotopic (exact) mass is 525 g/mol. The molecule has 3 N–H and O–H groups in total. The summed E-state index contributed by atoms with van der Waals surface area (Å²) in [5.41, 5.74) is 10.0. The first-order valence-corrected chi connectivity index (χ1v) is 10.5. The number of nitrogen functional groups attached to an aromatic ring is 1. The Bertz CT molecular complexity index is 1420. The molecule has 0 fully saturated rings. The maximum absolute atomic E-state index is 12.8. The summed E-state index contributed by atoms with van der Waals surface area (Å²) in [6, 6.07) is 18.4. The zero-order valence-corrected chi connectivity index (χ0v) is 18.4. The lowest BCUT2D eigenvalue weighted by atomic mass is 10.3. The van der Waals surface area contributed by atoms with E-state index in [0.29, 0.717) is 27.3 Å². The van der Waals surface area contributed by atoms with Gasteiger partial charge < -0.3 is 15.5 Å². The number of hydrogen-bond acceptors (Lipinski definition) is 5. The number of halogens is 2. The SMILES string of the molecule is Nc1c(NC(=O)c2ccc(Br)o2)n(-c2ccc(Br)cc2)c2nc3ccccc3nc12. The average molecular weight is 527 g/mol. The molecule has 0 spiro atoms. The molecular formula is C21H13Br2N5O2. The van der Waals surface area contributed by atoms with E-state index < -0.39 is 5.91 Å². The number of nitrogens with zero attached hydrogens (tertiary/aromatic N) is 3. The highest BCUT2D eigenvalue weighted by Crippen LogP contribution is 2.35. The summed E-state index contributed by atoms with van der Waals surface area (Å²) in [7, 11) is 0. The van der Waals surface area contributed by atoms with Crippen LogP contribution in [0.2, 0.25) is 0 Å². The highest BCUT2D eigenvalue weighted by Gasteiger charge is 2.23. The van der Waals surface area contributed by atoms with E-state index in [1.165, 1.54) is 0 Å². The van der Waals surface area contributed by atoms with Gasteiger partial charge in [-0.1, -0.05) is 28.1 Å². The van der Waals surface area contributed by atoms with Crippen molar-refractivity contribution in [1.29, 1.82) is 0 Å². The Morgan fingerprint density at radius 2 is 1.67 bits per heavy atom. The predicted octanol–water partition coefficient (Wildman–Crippen LogP) is 5.53. The molecule has 0 aliphatic rings. The van der Waals surface area contributed by atoms with E-state index in [4.69, 9.17) is 15.1 Å². The van der Waals surface area contributed by atoms with Gasteiger partial charge in [-0.3, -0.25) is 9.36 Å². The summed E-state index contributed by atoms with van der Waals surface area (Å²) < 4.78 is 8.55. The number of amides is 1. The fraction of sp³-hybridized carbons (Fsp3) is 0. The Labute approximate surface area is 187 Å². The minimum atomic E-state index is -0.432. The highest BCUT2D eigenvalue weighted by molar-refractivity contribution is 9.10. The van der Waals surface area contributed by atoms with Crippen LogP contribution < -0.4 is 11.1 Å². The molecule has 0 saturated carbocycles. The molecule has 1 amide bonds. The molecule has 3 heterocycles. The summed E-state index contributed by atoms with van der Waals surface area (Å²) in [4.78, 5) is 22.2. The zero-order valence-electron chi connectivity index (χ0n) is 15.3. The summed E-state index contributed by atoms with van der Waals surface area (Å²) in [6.45, 7) is 0. The van der Waals surface area contributed by atoms with Gasteiger partial charge in [0.25, 0.3) is 5.91 Å². The third-order valence-electron chi connectivity index (χ3n) is 4.61. The molecule has 30 heavy (non-hydrogen) atoms. The smallest absolute Gasteiger partial charge is 0.292 e.